The number of nitrogens with zero attached hydrogens (tertiary/aromatic N) is 1. The Labute approximate surface area is 151 Å². The number of rotatable bonds is 4. The van der Waals surface area contributed by atoms with Crippen LogP contribution in [0.4, 0.5) is 4.39 Å². The average Bonchev–Trinajstić information content (AvgIpc) is 3.01. The second-order valence-corrected chi connectivity index (χ2v) is 6.98. The van der Waals surface area contributed by atoms with Gasteiger partial charge in [-0.3, -0.25) is 9.69 Å². The van der Waals surface area contributed by atoms with Crippen LogP contribution in [0, 0.1) is 11.2 Å². The van der Waals surface area contributed by atoms with E-state index in [4.69, 9.17) is 9.47 Å². The molecule has 0 spiro atoms. The lowest BCUT2D eigenvalue weighted by Gasteiger charge is -2.36. The van der Waals surface area contributed by atoms with Gasteiger partial charge in [-0.25, -0.2) is 4.39 Å². The first-order valence-corrected chi connectivity index (χ1v) is 8.53. The summed E-state index contributed by atoms with van der Waals surface area (Å²) in [5, 5.41) is 9.98. The van der Waals surface area contributed by atoms with Crippen molar-refractivity contribution in [3.8, 4) is 11.5 Å². The smallest absolute Gasteiger partial charge is 0.315 e. The minimum Gasteiger partial charge on any atom is -0.493 e. The van der Waals surface area contributed by atoms with Crippen molar-refractivity contribution < 1.29 is 23.8 Å². The monoisotopic (exact) mass is 357 g/mol. The summed E-state index contributed by atoms with van der Waals surface area (Å²) < 4.78 is 24.7. The third kappa shape index (κ3) is 2.61. The summed E-state index contributed by atoms with van der Waals surface area (Å²) >= 11 is 0. The predicted molar refractivity (Wildman–Crippen MR) is 93.0 cm³/mol. The number of aliphatic carboxylic acids is 1. The van der Waals surface area contributed by atoms with Gasteiger partial charge < -0.3 is 14.6 Å². The molecule has 1 N–H and O–H groups in total. The molecule has 0 aromatic heterocycles. The number of methoxy groups -OCH3 is 1. The van der Waals surface area contributed by atoms with Crippen molar-refractivity contribution in [2.75, 3.05) is 26.8 Å². The van der Waals surface area contributed by atoms with Gasteiger partial charge in [0, 0.05) is 31.1 Å². The highest BCUT2D eigenvalue weighted by Gasteiger charge is 2.56. The van der Waals surface area contributed by atoms with Gasteiger partial charge in [-0.05, 0) is 23.8 Å². The summed E-state index contributed by atoms with van der Waals surface area (Å²) in [5.74, 6) is -0.106. The molecule has 2 aliphatic heterocycles. The van der Waals surface area contributed by atoms with Crippen LogP contribution in [-0.4, -0.2) is 42.8 Å². The van der Waals surface area contributed by atoms with Crippen LogP contribution in [0.15, 0.2) is 42.5 Å². The number of fused-ring (bicyclic) bond motifs is 3. The standard InChI is InChI=1S/C20H20FNO4/c1-25-17-7-3-6-15-16-10-22(9-13-4-2-5-14(21)8-13)11-20(16,19(23)24)12-26-18(15)17/h2-8,16H,9-12H2,1H3,(H,23,24)/t16-,20-/m0/s1. The van der Waals surface area contributed by atoms with Crippen LogP contribution in [0.25, 0.3) is 0 Å². The maximum absolute atomic E-state index is 13.5. The molecule has 0 radical (unpaired) electrons. The van der Waals surface area contributed by atoms with Crippen LogP contribution in [0.2, 0.25) is 0 Å². The maximum atomic E-state index is 13.5. The van der Waals surface area contributed by atoms with E-state index < -0.39 is 11.4 Å². The number of carbonyl (C=O) groups is 1. The molecule has 2 heterocycles. The normalized spacial score (nSPS) is 24.5. The lowest BCUT2D eigenvalue weighted by Crippen LogP contribution is -2.45. The predicted octanol–water partition coefficient (Wildman–Crippen LogP) is 2.90. The van der Waals surface area contributed by atoms with Crippen LogP contribution in [-0.2, 0) is 11.3 Å². The van der Waals surface area contributed by atoms with Crippen molar-refractivity contribution in [2.24, 2.45) is 5.41 Å². The molecule has 0 amide bonds. The van der Waals surface area contributed by atoms with E-state index in [2.05, 4.69) is 4.90 Å². The Balaban J connectivity index is 1.68. The van der Waals surface area contributed by atoms with Gasteiger partial charge in [-0.1, -0.05) is 24.3 Å². The highest BCUT2D eigenvalue weighted by Crippen LogP contribution is 2.52. The van der Waals surface area contributed by atoms with Gasteiger partial charge in [-0.15, -0.1) is 0 Å². The van der Waals surface area contributed by atoms with E-state index >= 15 is 0 Å². The van der Waals surface area contributed by atoms with Crippen molar-refractivity contribution in [1.82, 2.24) is 4.90 Å². The average molecular weight is 357 g/mol. The fraction of sp³-hybridized carbons (Fsp3) is 0.350. The first-order valence-electron chi connectivity index (χ1n) is 8.53. The van der Waals surface area contributed by atoms with Crippen molar-refractivity contribution in [3.63, 3.8) is 0 Å². The molecule has 0 bridgehead atoms. The van der Waals surface area contributed by atoms with Gasteiger partial charge in [0.1, 0.15) is 17.8 Å². The van der Waals surface area contributed by atoms with E-state index in [0.717, 1.165) is 11.1 Å². The van der Waals surface area contributed by atoms with E-state index in [9.17, 15) is 14.3 Å². The number of benzene rings is 2. The quantitative estimate of drug-likeness (QED) is 0.912. The van der Waals surface area contributed by atoms with Crippen LogP contribution < -0.4 is 9.47 Å². The molecule has 0 aliphatic carbocycles. The van der Waals surface area contributed by atoms with Gasteiger partial charge in [0.05, 0.1) is 7.11 Å². The summed E-state index contributed by atoms with van der Waals surface area (Å²) in [6, 6.07) is 12.0. The van der Waals surface area contributed by atoms with Gasteiger partial charge in [-0.2, -0.15) is 0 Å². The fourth-order valence-corrected chi connectivity index (χ4v) is 4.16. The topological polar surface area (TPSA) is 59.0 Å². The minimum absolute atomic E-state index is 0.0972. The highest BCUT2D eigenvalue weighted by atomic mass is 19.1. The summed E-state index contributed by atoms with van der Waals surface area (Å²) in [5.41, 5.74) is 0.683. The summed E-state index contributed by atoms with van der Waals surface area (Å²) in [7, 11) is 1.57. The zero-order chi connectivity index (χ0) is 18.3. The number of halogens is 1. The Morgan fingerprint density at radius 3 is 2.92 bits per heavy atom. The molecule has 2 aromatic carbocycles. The number of carboxylic acid groups (broad SMARTS) is 1. The first kappa shape index (κ1) is 16.8. The summed E-state index contributed by atoms with van der Waals surface area (Å²) in [6.07, 6.45) is 0. The van der Waals surface area contributed by atoms with Crippen LogP contribution in [0.1, 0.15) is 17.0 Å². The van der Waals surface area contributed by atoms with Crippen LogP contribution in [0.5, 0.6) is 11.5 Å². The van der Waals surface area contributed by atoms with Gasteiger partial charge in [0.15, 0.2) is 11.5 Å². The summed E-state index contributed by atoms with van der Waals surface area (Å²) in [6.45, 7) is 1.54. The molecule has 4 rings (SSSR count). The molecule has 0 unspecified atom stereocenters. The molecule has 1 fully saturated rings. The van der Waals surface area contributed by atoms with Gasteiger partial charge in [0.25, 0.3) is 0 Å². The Morgan fingerprint density at radius 2 is 2.19 bits per heavy atom. The fourth-order valence-electron chi connectivity index (χ4n) is 4.16. The van der Waals surface area contributed by atoms with Gasteiger partial charge >= 0.3 is 5.97 Å². The number of hydrogen-bond acceptors (Lipinski definition) is 4. The number of para-hydroxylation sites is 1. The van der Waals surface area contributed by atoms with Crippen molar-refractivity contribution >= 4 is 5.97 Å². The second-order valence-electron chi connectivity index (χ2n) is 6.98. The molecule has 6 heteroatoms. The Kier molecular flexibility index (Phi) is 4.07. The zero-order valence-corrected chi connectivity index (χ0v) is 14.4. The van der Waals surface area contributed by atoms with E-state index in [1.54, 1.807) is 13.2 Å². The van der Waals surface area contributed by atoms with Crippen LogP contribution >= 0.6 is 0 Å². The van der Waals surface area contributed by atoms with Crippen LogP contribution in [0.3, 0.4) is 0 Å². The molecule has 136 valence electrons. The molecule has 26 heavy (non-hydrogen) atoms. The van der Waals surface area contributed by atoms with E-state index in [1.807, 2.05) is 24.3 Å². The Hall–Kier alpha value is -2.60. The molecule has 2 atom stereocenters. The second kappa shape index (κ2) is 6.29. The molecule has 2 aromatic rings. The molecular formula is C20H20FNO4. The van der Waals surface area contributed by atoms with E-state index in [1.165, 1.54) is 12.1 Å². The molecular weight excluding hydrogens is 337 g/mol. The SMILES string of the molecule is COc1cccc2c1OC[C@@]1(C(=O)O)CN(Cc3cccc(F)c3)C[C@@H]21. The molecule has 1 saturated heterocycles. The zero-order valence-electron chi connectivity index (χ0n) is 14.4. The third-order valence-corrected chi connectivity index (χ3v) is 5.41. The number of ether oxygens (including phenoxy) is 2. The lowest BCUT2D eigenvalue weighted by atomic mass is 9.73. The first-order chi connectivity index (χ1) is 12.5. The summed E-state index contributed by atoms with van der Waals surface area (Å²) in [4.78, 5) is 14.2. The van der Waals surface area contributed by atoms with Crippen molar-refractivity contribution in [3.05, 3.63) is 59.4 Å². The maximum Gasteiger partial charge on any atom is 0.315 e. The number of likely N-dealkylation sites (tertiary alicyclic amines) is 1. The Morgan fingerprint density at radius 1 is 1.38 bits per heavy atom. The largest absolute Gasteiger partial charge is 0.493 e. The van der Waals surface area contributed by atoms with E-state index in [-0.39, 0.29) is 18.3 Å². The third-order valence-electron chi connectivity index (χ3n) is 5.41. The number of hydrogen-bond donors (Lipinski definition) is 1. The van der Waals surface area contributed by atoms with E-state index in [0.29, 0.717) is 31.1 Å². The highest BCUT2D eigenvalue weighted by molar-refractivity contribution is 5.79. The van der Waals surface area contributed by atoms with Gasteiger partial charge in [0.2, 0.25) is 0 Å². The number of carboxylic acids is 1. The van der Waals surface area contributed by atoms with Crippen molar-refractivity contribution in [1.29, 1.82) is 0 Å². The molecule has 2 aliphatic rings. The van der Waals surface area contributed by atoms with Crippen molar-refractivity contribution in [2.45, 2.75) is 12.5 Å². The minimum atomic E-state index is -1.01. The molecule has 0 saturated carbocycles. The Bertz CT molecular complexity index is 855. The molecule has 5 nitrogen and oxygen atoms in total. The lowest BCUT2D eigenvalue weighted by molar-refractivity contribution is -0.152.